The molecule has 1 aliphatic heterocycles. The summed E-state index contributed by atoms with van der Waals surface area (Å²) in [7, 11) is 0. The number of phenols is 1. The minimum absolute atomic E-state index is 0.291. The van der Waals surface area contributed by atoms with Gasteiger partial charge >= 0.3 is 0 Å². The lowest BCUT2D eigenvalue weighted by Crippen LogP contribution is -2.28. The zero-order chi connectivity index (χ0) is 10.7. The average molecular weight is 207 g/mol. The number of aryl methyl sites for hydroxylation is 1. The molecule has 3 nitrogen and oxygen atoms in total. The lowest BCUT2D eigenvalue weighted by Gasteiger charge is -2.13. The summed E-state index contributed by atoms with van der Waals surface area (Å²) in [6.45, 7) is 3.76. The van der Waals surface area contributed by atoms with Gasteiger partial charge in [0.15, 0.2) is 0 Å². The van der Waals surface area contributed by atoms with Crippen LogP contribution in [0.5, 0.6) is 11.5 Å². The first-order valence-electron chi connectivity index (χ1n) is 5.41. The minimum Gasteiger partial charge on any atom is -0.508 e. The molecule has 1 heterocycles. The molecule has 3 heteroatoms. The predicted octanol–water partition coefficient (Wildman–Crippen LogP) is 1.83. The lowest BCUT2D eigenvalue weighted by atomic mass is 10.2. The van der Waals surface area contributed by atoms with E-state index >= 15 is 0 Å². The normalized spacial score (nSPS) is 20.5. The Kier molecular flexibility index (Phi) is 3.11. The van der Waals surface area contributed by atoms with Gasteiger partial charge in [0, 0.05) is 6.04 Å². The fourth-order valence-corrected chi connectivity index (χ4v) is 1.88. The number of nitrogens with one attached hydrogen (secondary N) is 1. The maximum atomic E-state index is 9.25. The average Bonchev–Trinajstić information content (AvgIpc) is 2.69. The van der Waals surface area contributed by atoms with Crippen LogP contribution in [0.4, 0.5) is 0 Å². The molecule has 1 aromatic carbocycles. The van der Waals surface area contributed by atoms with Crippen molar-refractivity contribution in [2.75, 3.05) is 13.2 Å². The van der Waals surface area contributed by atoms with Crippen LogP contribution in [0.15, 0.2) is 18.2 Å². The Morgan fingerprint density at radius 1 is 1.53 bits per heavy atom. The van der Waals surface area contributed by atoms with Crippen LogP contribution in [-0.2, 0) is 0 Å². The van der Waals surface area contributed by atoms with Gasteiger partial charge in [0.2, 0.25) is 0 Å². The Labute approximate surface area is 90.1 Å². The van der Waals surface area contributed by atoms with E-state index in [4.69, 9.17) is 4.74 Å². The molecule has 1 fully saturated rings. The molecule has 82 valence electrons. The van der Waals surface area contributed by atoms with Crippen molar-refractivity contribution in [1.29, 1.82) is 0 Å². The van der Waals surface area contributed by atoms with Gasteiger partial charge in [-0.3, -0.25) is 0 Å². The van der Waals surface area contributed by atoms with Gasteiger partial charge in [-0.1, -0.05) is 0 Å². The van der Waals surface area contributed by atoms with Gasteiger partial charge in [0.05, 0.1) is 0 Å². The van der Waals surface area contributed by atoms with Crippen LogP contribution in [0.25, 0.3) is 0 Å². The molecular weight excluding hydrogens is 190 g/mol. The third-order valence-electron chi connectivity index (χ3n) is 2.76. The molecular formula is C12H17NO2. The summed E-state index contributed by atoms with van der Waals surface area (Å²) in [5.74, 6) is 1.15. The summed E-state index contributed by atoms with van der Waals surface area (Å²) >= 11 is 0. The predicted molar refractivity (Wildman–Crippen MR) is 59.4 cm³/mol. The van der Waals surface area contributed by atoms with Crippen molar-refractivity contribution in [2.24, 2.45) is 0 Å². The van der Waals surface area contributed by atoms with Gasteiger partial charge in [-0.2, -0.15) is 0 Å². The van der Waals surface area contributed by atoms with Gasteiger partial charge in [-0.25, -0.2) is 0 Å². The topological polar surface area (TPSA) is 41.5 Å². The second kappa shape index (κ2) is 4.53. The Bertz CT molecular complexity index is 332. The largest absolute Gasteiger partial charge is 0.508 e. The maximum Gasteiger partial charge on any atom is 0.122 e. The molecule has 2 rings (SSSR count). The van der Waals surface area contributed by atoms with Crippen LogP contribution < -0.4 is 10.1 Å². The highest BCUT2D eigenvalue weighted by atomic mass is 16.5. The van der Waals surface area contributed by atoms with Crippen LogP contribution in [0, 0.1) is 6.92 Å². The maximum absolute atomic E-state index is 9.25. The van der Waals surface area contributed by atoms with Gasteiger partial charge in [-0.05, 0) is 50.1 Å². The third kappa shape index (κ3) is 2.63. The molecule has 1 saturated heterocycles. The zero-order valence-corrected chi connectivity index (χ0v) is 8.99. The van der Waals surface area contributed by atoms with Crippen LogP contribution in [0.3, 0.4) is 0 Å². The summed E-state index contributed by atoms with van der Waals surface area (Å²) < 4.78 is 5.70. The van der Waals surface area contributed by atoms with Crippen molar-refractivity contribution in [1.82, 2.24) is 5.32 Å². The summed E-state index contributed by atoms with van der Waals surface area (Å²) in [6, 6.07) is 5.68. The summed E-state index contributed by atoms with van der Waals surface area (Å²) in [5.41, 5.74) is 0.980. The van der Waals surface area contributed by atoms with E-state index in [1.165, 1.54) is 12.8 Å². The molecule has 0 amide bonds. The molecule has 0 aliphatic carbocycles. The number of phenolic OH excluding ortho intramolecular Hbond substituents is 1. The summed E-state index contributed by atoms with van der Waals surface area (Å²) in [4.78, 5) is 0. The van der Waals surface area contributed by atoms with Gasteiger partial charge in [0.1, 0.15) is 18.1 Å². The lowest BCUT2D eigenvalue weighted by molar-refractivity contribution is 0.275. The second-order valence-electron chi connectivity index (χ2n) is 4.05. The number of ether oxygens (including phenoxy) is 1. The van der Waals surface area contributed by atoms with E-state index in [-0.39, 0.29) is 0 Å². The molecule has 2 N–H and O–H groups in total. The van der Waals surface area contributed by atoms with Crippen molar-refractivity contribution < 1.29 is 9.84 Å². The molecule has 1 atom stereocenters. The van der Waals surface area contributed by atoms with Crippen LogP contribution in [-0.4, -0.2) is 24.3 Å². The summed E-state index contributed by atoms with van der Waals surface area (Å²) in [6.07, 6.45) is 2.43. The molecule has 0 bridgehead atoms. The van der Waals surface area contributed by atoms with Gasteiger partial charge in [0.25, 0.3) is 0 Å². The molecule has 1 unspecified atom stereocenters. The molecule has 0 spiro atoms. The highest BCUT2D eigenvalue weighted by Gasteiger charge is 2.14. The van der Waals surface area contributed by atoms with E-state index in [0.29, 0.717) is 18.4 Å². The molecule has 0 aromatic heterocycles. The highest BCUT2D eigenvalue weighted by molar-refractivity contribution is 5.38. The van der Waals surface area contributed by atoms with Crippen LogP contribution in [0.1, 0.15) is 18.4 Å². The van der Waals surface area contributed by atoms with Gasteiger partial charge < -0.3 is 15.2 Å². The fourth-order valence-electron chi connectivity index (χ4n) is 1.88. The zero-order valence-electron chi connectivity index (χ0n) is 8.99. The van der Waals surface area contributed by atoms with Crippen molar-refractivity contribution in [2.45, 2.75) is 25.8 Å². The van der Waals surface area contributed by atoms with Crippen LogP contribution in [0.2, 0.25) is 0 Å². The third-order valence-corrected chi connectivity index (χ3v) is 2.76. The van der Waals surface area contributed by atoms with E-state index in [1.54, 1.807) is 12.1 Å². The monoisotopic (exact) mass is 207 g/mol. The summed E-state index contributed by atoms with van der Waals surface area (Å²) in [5, 5.41) is 12.6. The van der Waals surface area contributed by atoms with E-state index < -0.39 is 0 Å². The van der Waals surface area contributed by atoms with Crippen molar-refractivity contribution in [3.63, 3.8) is 0 Å². The molecule has 0 saturated carbocycles. The fraction of sp³-hybridized carbons (Fsp3) is 0.500. The first kappa shape index (κ1) is 10.3. The Hall–Kier alpha value is -1.22. The smallest absolute Gasteiger partial charge is 0.122 e. The standard InChI is InChI=1S/C12H17NO2/c1-9-7-11(14)4-5-12(9)15-8-10-3-2-6-13-10/h4-5,7,10,13-14H,2-3,6,8H2,1H3. The van der Waals surface area contributed by atoms with Crippen LogP contribution >= 0.6 is 0 Å². The number of benzene rings is 1. The molecule has 15 heavy (non-hydrogen) atoms. The number of rotatable bonds is 3. The SMILES string of the molecule is Cc1cc(O)ccc1OCC1CCCN1. The molecule has 0 radical (unpaired) electrons. The quantitative estimate of drug-likeness (QED) is 0.794. The van der Waals surface area contributed by atoms with Crippen molar-refractivity contribution >= 4 is 0 Å². The van der Waals surface area contributed by atoms with Gasteiger partial charge in [-0.15, -0.1) is 0 Å². The van der Waals surface area contributed by atoms with E-state index in [2.05, 4.69) is 5.32 Å². The number of hydrogen-bond acceptors (Lipinski definition) is 3. The van der Waals surface area contributed by atoms with E-state index in [9.17, 15) is 5.11 Å². The number of hydrogen-bond donors (Lipinski definition) is 2. The second-order valence-corrected chi connectivity index (χ2v) is 4.05. The minimum atomic E-state index is 0.291. The first-order chi connectivity index (χ1) is 7.25. The van der Waals surface area contributed by atoms with E-state index in [1.807, 2.05) is 13.0 Å². The molecule has 1 aromatic rings. The van der Waals surface area contributed by atoms with Crippen molar-refractivity contribution in [3.8, 4) is 11.5 Å². The first-order valence-corrected chi connectivity index (χ1v) is 5.41. The Morgan fingerprint density at radius 3 is 3.07 bits per heavy atom. The number of aromatic hydroxyl groups is 1. The highest BCUT2D eigenvalue weighted by Crippen LogP contribution is 2.22. The molecule has 1 aliphatic rings. The van der Waals surface area contributed by atoms with E-state index in [0.717, 1.165) is 17.9 Å². The Morgan fingerprint density at radius 2 is 2.40 bits per heavy atom. The van der Waals surface area contributed by atoms with Crippen molar-refractivity contribution in [3.05, 3.63) is 23.8 Å². The Balaban J connectivity index is 1.92.